The number of hydrogen-bond donors (Lipinski definition) is 1. The quantitative estimate of drug-likeness (QED) is 0.720. The van der Waals surface area contributed by atoms with Gasteiger partial charge in [-0.3, -0.25) is 9.69 Å². The second kappa shape index (κ2) is 7.60. The number of fused-ring (bicyclic) bond motifs is 1. The SMILES string of the molecule is CC(=O)NC[C@H]1CN(c2ccc(C34CC3CN(S(=O)(=O)c3ccccc3)C4)cc2)C(=O)O1. The molecule has 0 radical (unpaired) electrons. The summed E-state index contributed by atoms with van der Waals surface area (Å²) in [5.74, 6) is 0.146. The summed E-state index contributed by atoms with van der Waals surface area (Å²) in [6.07, 6.45) is 0.151. The lowest BCUT2D eigenvalue weighted by Gasteiger charge is -2.21. The standard InChI is InChI=1S/C23H25N3O5S/c1-16(27)24-12-20-14-26(22(28)31-20)19-9-7-17(8-10-19)23-11-18(23)13-25(15-23)32(29,30)21-5-3-2-4-6-21/h2-10,18,20H,11-15H2,1H3,(H,24,27)/t18?,20-,23?/m0/s1. The van der Waals surface area contributed by atoms with Gasteiger partial charge in [-0.25, -0.2) is 13.2 Å². The van der Waals surface area contributed by atoms with Gasteiger partial charge in [0, 0.05) is 31.1 Å². The molecule has 1 N–H and O–H groups in total. The van der Waals surface area contributed by atoms with Gasteiger partial charge in [0.1, 0.15) is 6.10 Å². The van der Waals surface area contributed by atoms with E-state index < -0.39 is 16.1 Å². The van der Waals surface area contributed by atoms with Gasteiger partial charge < -0.3 is 10.1 Å². The highest BCUT2D eigenvalue weighted by Gasteiger charge is 2.62. The molecule has 0 spiro atoms. The number of sulfonamides is 1. The lowest BCUT2D eigenvalue weighted by Crippen LogP contribution is -2.33. The van der Waals surface area contributed by atoms with Crippen LogP contribution in [0.2, 0.25) is 0 Å². The van der Waals surface area contributed by atoms with Gasteiger partial charge >= 0.3 is 6.09 Å². The van der Waals surface area contributed by atoms with Crippen molar-refractivity contribution >= 4 is 27.7 Å². The number of anilines is 1. The molecule has 5 rings (SSSR count). The molecule has 8 nitrogen and oxygen atoms in total. The zero-order chi connectivity index (χ0) is 22.5. The summed E-state index contributed by atoms with van der Waals surface area (Å²) in [7, 11) is -3.50. The molecule has 0 aromatic heterocycles. The van der Waals surface area contributed by atoms with Crippen LogP contribution in [0.4, 0.5) is 10.5 Å². The summed E-state index contributed by atoms with van der Waals surface area (Å²) >= 11 is 0. The van der Waals surface area contributed by atoms with Crippen molar-refractivity contribution in [2.75, 3.05) is 31.1 Å². The Hall–Kier alpha value is -2.91. The number of cyclic esters (lactones) is 1. The predicted octanol–water partition coefficient (Wildman–Crippen LogP) is 2.11. The van der Waals surface area contributed by atoms with E-state index in [-0.39, 0.29) is 24.0 Å². The van der Waals surface area contributed by atoms with Gasteiger partial charge in [0.2, 0.25) is 15.9 Å². The highest BCUT2D eigenvalue weighted by molar-refractivity contribution is 7.89. The molecular weight excluding hydrogens is 430 g/mol. The first-order valence-corrected chi connectivity index (χ1v) is 12.1. The Morgan fingerprint density at radius 1 is 1.12 bits per heavy atom. The van der Waals surface area contributed by atoms with Crippen LogP contribution in [0.1, 0.15) is 18.9 Å². The maximum Gasteiger partial charge on any atom is 0.414 e. The van der Waals surface area contributed by atoms with Crippen LogP contribution in [0.5, 0.6) is 0 Å². The zero-order valence-electron chi connectivity index (χ0n) is 17.7. The van der Waals surface area contributed by atoms with Crippen LogP contribution >= 0.6 is 0 Å². The molecule has 2 amide bonds. The van der Waals surface area contributed by atoms with E-state index in [0.717, 1.165) is 17.7 Å². The number of amides is 2. The fourth-order valence-electron chi connectivity index (χ4n) is 4.88. The smallest absolute Gasteiger partial charge is 0.414 e. The van der Waals surface area contributed by atoms with E-state index in [1.54, 1.807) is 33.5 Å². The molecule has 32 heavy (non-hydrogen) atoms. The molecule has 2 aromatic carbocycles. The van der Waals surface area contributed by atoms with Gasteiger partial charge in [0.05, 0.1) is 18.0 Å². The number of carbonyl (C=O) groups is 2. The third-order valence-electron chi connectivity index (χ3n) is 6.70. The zero-order valence-corrected chi connectivity index (χ0v) is 18.5. The van der Waals surface area contributed by atoms with Gasteiger partial charge in [0.25, 0.3) is 0 Å². The van der Waals surface area contributed by atoms with Crippen LogP contribution in [0.3, 0.4) is 0 Å². The van der Waals surface area contributed by atoms with Crippen LogP contribution in [0, 0.1) is 5.92 Å². The summed E-state index contributed by atoms with van der Waals surface area (Å²) < 4.78 is 32.9. The second-order valence-corrected chi connectivity index (χ2v) is 10.7. The van der Waals surface area contributed by atoms with Crippen LogP contribution in [0.25, 0.3) is 0 Å². The van der Waals surface area contributed by atoms with E-state index in [1.165, 1.54) is 6.92 Å². The summed E-state index contributed by atoms with van der Waals surface area (Å²) in [5, 5.41) is 2.67. The first-order valence-electron chi connectivity index (χ1n) is 10.7. The van der Waals surface area contributed by atoms with Crippen molar-refractivity contribution in [1.29, 1.82) is 0 Å². The maximum absolute atomic E-state index is 13.0. The summed E-state index contributed by atoms with van der Waals surface area (Å²) in [6, 6.07) is 16.3. The predicted molar refractivity (Wildman–Crippen MR) is 118 cm³/mol. The molecule has 1 aliphatic carbocycles. The van der Waals surface area contributed by atoms with Crippen LogP contribution in [-0.4, -0.2) is 57.0 Å². The summed E-state index contributed by atoms with van der Waals surface area (Å²) in [6.45, 7) is 3.08. The molecule has 3 fully saturated rings. The van der Waals surface area contributed by atoms with Crippen molar-refractivity contribution in [3.8, 4) is 0 Å². The van der Waals surface area contributed by atoms with Gasteiger partial charge in [-0.05, 0) is 42.2 Å². The lowest BCUT2D eigenvalue weighted by molar-refractivity contribution is -0.119. The van der Waals surface area contributed by atoms with E-state index in [0.29, 0.717) is 30.4 Å². The topological polar surface area (TPSA) is 96.0 Å². The first kappa shape index (κ1) is 21.0. The molecule has 2 heterocycles. The highest BCUT2D eigenvalue weighted by Crippen LogP contribution is 2.59. The number of nitrogens with zero attached hydrogens (tertiary/aromatic N) is 2. The van der Waals surface area contributed by atoms with E-state index in [2.05, 4.69) is 5.32 Å². The molecule has 2 aromatic rings. The Balaban J connectivity index is 1.28. The Bertz CT molecular complexity index is 1150. The molecule has 2 aliphatic heterocycles. The summed E-state index contributed by atoms with van der Waals surface area (Å²) in [5.41, 5.74) is 1.67. The minimum Gasteiger partial charge on any atom is -0.442 e. The largest absolute Gasteiger partial charge is 0.442 e. The van der Waals surface area contributed by atoms with Crippen molar-refractivity contribution in [3.05, 3.63) is 60.2 Å². The van der Waals surface area contributed by atoms with Crippen LogP contribution in [-0.2, 0) is 25.0 Å². The lowest BCUT2D eigenvalue weighted by atomic mass is 9.95. The third-order valence-corrected chi connectivity index (χ3v) is 8.53. The van der Waals surface area contributed by atoms with E-state index >= 15 is 0 Å². The van der Waals surface area contributed by atoms with Crippen molar-refractivity contribution in [2.45, 2.75) is 29.8 Å². The average Bonchev–Trinajstić information content (AvgIpc) is 3.15. The first-order chi connectivity index (χ1) is 15.3. The van der Waals surface area contributed by atoms with Crippen molar-refractivity contribution in [1.82, 2.24) is 9.62 Å². The number of carbonyl (C=O) groups excluding carboxylic acids is 2. The van der Waals surface area contributed by atoms with Gasteiger partial charge in [-0.15, -0.1) is 0 Å². The van der Waals surface area contributed by atoms with Gasteiger partial charge in [0.15, 0.2) is 0 Å². The molecule has 168 valence electrons. The van der Waals surface area contributed by atoms with Gasteiger partial charge in [-0.2, -0.15) is 4.31 Å². The number of piperidine rings is 1. The Kier molecular flexibility index (Phi) is 4.98. The Labute approximate surface area is 187 Å². The minimum atomic E-state index is -3.50. The van der Waals surface area contributed by atoms with E-state index in [9.17, 15) is 18.0 Å². The number of nitrogens with one attached hydrogen (secondary N) is 1. The fourth-order valence-corrected chi connectivity index (χ4v) is 6.45. The van der Waals surface area contributed by atoms with Crippen molar-refractivity contribution in [3.63, 3.8) is 0 Å². The monoisotopic (exact) mass is 455 g/mol. The molecule has 2 unspecified atom stereocenters. The minimum absolute atomic E-state index is 0.153. The molecular formula is C23H25N3O5S. The van der Waals surface area contributed by atoms with Crippen LogP contribution < -0.4 is 10.2 Å². The molecule has 0 bridgehead atoms. The maximum atomic E-state index is 13.0. The molecule has 2 saturated heterocycles. The highest BCUT2D eigenvalue weighted by atomic mass is 32.2. The Morgan fingerprint density at radius 2 is 1.84 bits per heavy atom. The van der Waals surface area contributed by atoms with Gasteiger partial charge in [-0.1, -0.05) is 30.3 Å². The normalized spacial score (nSPS) is 27.2. The number of rotatable bonds is 6. The van der Waals surface area contributed by atoms with Crippen molar-refractivity contribution in [2.24, 2.45) is 5.92 Å². The van der Waals surface area contributed by atoms with Crippen molar-refractivity contribution < 1.29 is 22.7 Å². The number of ether oxygens (including phenoxy) is 1. The number of benzene rings is 2. The molecule has 9 heteroatoms. The Morgan fingerprint density at radius 3 is 2.53 bits per heavy atom. The fraction of sp³-hybridized carbons (Fsp3) is 0.391. The summed E-state index contributed by atoms with van der Waals surface area (Å²) in [4.78, 5) is 25.2. The molecule has 3 atom stereocenters. The molecule has 3 aliphatic rings. The van der Waals surface area contributed by atoms with E-state index in [4.69, 9.17) is 4.74 Å². The second-order valence-electron chi connectivity index (χ2n) is 8.77. The van der Waals surface area contributed by atoms with E-state index in [1.807, 2.05) is 30.3 Å². The third kappa shape index (κ3) is 3.55. The number of hydrogen-bond acceptors (Lipinski definition) is 5. The average molecular weight is 456 g/mol. The van der Waals surface area contributed by atoms with Crippen LogP contribution in [0.15, 0.2) is 59.5 Å². The molecule has 1 saturated carbocycles.